The molecule has 1 amide bonds. The Morgan fingerprint density at radius 2 is 1.75 bits per heavy atom. The van der Waals surface area contributed by atoms with Gasteiger partial charge in [-0.25, -0.2) is 14.7 Å². The highest BCUT2D eigenvalue weighted by atomic mass is 127. The fourth-order valence-corrected chi connectivity index (χ4v) is 3.51. The molecule has 0 bridgehead atoms. The molecule has 1 saturated heterocycles. The van der Waals surface area contributed by atoms with E-state index in [9.17, 15) is 4.79 Å². The first kappa shape index (κ1) is 23.7. The first-order chi connectivity index (χ1) is 15.2. The molecule has 1 aliphatic rings. The van der Waals surface area contributed by atoms with Crippen molar-refractivity contribution in [3.05, 3.63) is 72.3 Å². The fraction of sp³-hybridized carbons (Fsp3) is 0.304. The van der Waals surface area contributed by atoms with E-state index in [2.05, 4.69) is 32.8 Å². The number of rotatable bonds is 7. The zero-order chi connectivity index (χ0) is 21.5. The second-order valence-electron chi connectivity index (χ2n) is 7.37. The molecule has 2 aromatic carbocycles. The molecule has 3 aromatic rings. The molecule has 4 rings (SSSR count). The molecule has 0 unspecified atom stereocenters. The van der Waals surface area contributed by atoms with Gasteiger partial charge in [0.05, 0.1) is 12.2 Å². The number of carbonyl (C=O) groups excluding carboxylic acids is 1. The zero-order valence-corrected chi connectivity index (χ0v) is 20.4. The van der Waals surface area contributed by atoms with Crippen LogP contribution in [0.2, 0.25) is 0 Å². The molecule has 1 aliphatic heterocycles. The van der Waals surface area contributed by atoms with Gasteiger partial charge in [0, 0.05) is 31.7 Å². The summed E-state index contributed by atoms with van der Waals surface area (Å²) >= 11 is 0. The van der Waals surface area contributed by atoms with Crippen LogP contribution in [0, 0.1) is 0 Å². The fourth-order valence-electron chi connectivity index (χ4n) is 3.51. The average molecular weight is 545 g/mol. The van der Waals surface area contributed by atoms with Crippen LogP contribution in [0.5, 0.6) is 0 Å². The summed E-state index contributed by atoms with van der Waals surface area (Å²) in [5, 5.41) is 10.8. The summed E-state index contributed by atoms with van der Waals surface area (Å²) in [5.74, 6) is 0.973. The maximum Gasteiger partial charge on any atom is 0.227 e. The average Bonchev–Trinajstić information content (AvgIpc) is 3.49. The minimum atomic E-state index is 0. The molecule has 2 heterocycles. The lowest BCUT2D eigenvalue weighted by molar-refractivity contribution is -0.117. The van der Waals surface area contributed by atoms with Gasteiger partial charge in [-0.3, -0.25) is 4.79 Å². The molecule has 168 valence electrons. The molecule has 0 aliphatic carbocycles. The first-order valence-electron chi connectivity index (χ1n) is 10.6. The lowest BCUT2D eigenvalue weighted by Gasteiger charge is -2.16. The van der Waals surface area contributed by atoms with Crippen LogP contribution in [0.25, 0.3) is 5.69 Å². The number of aromatic nitrogens is 3. The minimum Gasteiger partial charge on any atom is -0.357 e. The van der Waals surface area contributed by atoms with E-state index in [1.807, 2.05) is 48.2 Å². The lowest BCUT2D eigenvalue weighted by atomic mass is 10.2. The third-order valence-electron chi connectivity index (χ3n) is 5.16. The van der Waals surface area contributed by atoms with Crippen molar-refractivity contribution in [2.75, 3.05) is 18.0 Å². The standard InChI is InChI=1S/C23H27N7O.HI/c1-2-25-23(27-15-19-7-11-21(12-8-19)30-17-24-16-28-30)26-14-18-5-9-20(10-6-18)29-13-3-4-22(29)31;/h5-12,16-17H,2-4,13-15H2,1H3,(H2,25,26,27);1H. The molecule has 0 saturated carbocycles. The second kappa shape index (κ2) is 11.6. The van der Waals surface area contributed by atoms with Gasteiger partial charge in [0.25, 0.3) is 0 Å². The Labute approximate surface area is 205 Å². The Balaban J connectivity index is 0.00000289. The molecule has 8 nitrogen and oxygen atoms in total. The third kappa shape index (κ3) is 6.06. The highest BCUT2D eigenvalue weighted by Crippen LogP contribution is 2.21. The molecular weight excluding hydrogens is 517 g/mol. The summed E-state index contributed by atoms with van der Waals surface area (Å²) < 4.78 is 1.73. The topological polar surface area (TPSA) is 87.4 Å². The summed E-state index contributed by atoms with van der Waals surface area (Å²) in [6.45, 7) is 4.87. The number of carbonyl (C=O) groups is 1. The molecular formula is C23H28IN7O. The van der Waals surface area contributed by atoms with Gasteiger partial charge in [-0.1, -0.05) is 24.3 Å². The number of nitrogens with zero attached hydrogens (tertiary/aromatic N) is 5. The van der Waals surface area contributed by atoms with Crippen molar-refractivity contribution in [2.45, 2.75) is 32.9 Å². The molecule has 1 fully saturated rings. The summed E-state index contributed by atoms with van der Waals surface area (Å²) in [5.41, 5.74) is 4.19. The number of hydrogen-bond donors (Lipinski definition) is 2. The number of guanidine groups is 1. The van der Waals surface area contributed by atoms with Crippen LogP contribution in [0.3, 0.4) is 0 Å². The molecule has 0 spiro atoms. The van der Waals surface area contributed by atoms with Crippen LogP contribution in [-0.4, -0.2) is 39.7 Å². The molecule has 1 aromatic heterocycles. The van der Waals surface area contributed by atoms with E-state index >= 15 is 0 Å². The van der Waals surface area contributed by atoms with Crippen molar-refractivity contribution in [3.63, 3.8) is 0 Å². The van der Waals surface area contributed by atoms with Gasteiger partial charge in [-0.15, -0.1) is 24.0 Å². The van der Waals surface area contributed by atoms with Crippen molar-refractivity contribution >= 4 is 41.5 Å². The van der Waals surface area contributed by atoms with Crippen molar-refractivity contribution in [1.29, 1.82) is 0 Å². The van der Waals surface area contributed by atoms with E-state index in [-0.39, 0.29) is 29.9 Å². The van der Waals surface area contributed by atoms with Gasteiger partial charge in [-0.05, 0) is 48.7 Å². The van der Waals surface area contributed by atoms with Crippen LogP contribution >= 0.6 is 24.0 Å². The summed E-state index contributed by atoms with van der Waals surface area (Å²) in [7, 11) is 0. The number of anilines is 1. The number of halogens is 1. The Bertz CT molecular complexity index is 1020. The highest BCUT2D eigenvalue weighted by Gasteiger charge is 2.21. The van der Waals surface area contributed by atoms with Gasteiger partial charge < -0.3 is 15.5 Å². The molecule has 0 radical (unpaired) electrons. The Hall–Kier alpha value is -2.95. The molecule has 32 heavy (non-hydrogen) atoms. The van der Waals surface area contributed by atoms with Crippen molar-refractivity contribution in [3.8, 4) is 5.69 Å². The number of amides is 1. The summed E-state index contributed by atoms with van der Waals surface area (Å²) in [4.78, 5) is 22.4. The Kier molecular flexibility index (Phi) is 8.60. The van der Waals surface area contributed by atoms with Gasteiger partial charge in [0.15, 0.2) is 5.96 Å². The van der Waals surface area contributed by atoms with E-state index in [0.29, 0.717) is 19.5 Å². The second-order valence-corrected chi connectivity index (χ2v) is 7.37. The SMILES string of the molecule is CCNC(=NCc1ccc(N2CCCC2=O)cc1)NCc1ccc(-n2cncn2)cc1.I. The third-order valence-corrected chi connectivity index (χ3v) is 5.16. The predicted molar refractivity (Wildman–Crippen MR) is 136 cm³/mol. The summed E-state index contributed by atoms with van der Waals surface area (Å²) in [6, 6.07) is 16.2. The van der Waals surface area contributed by atoms with Gasteiger partial charge in [-0.2, -0.15) is 5.10 Å². The first-order valence-corrected chi connectivity index (χ1v) is 10.6. The number of aliphatic imine (C=N–C) groups is 1. The quantitative estimate of drug-likeness (QED) is 0.271. The Morgan fingerprint density at radius 1 is 1.03 bits per heavy atom. The lowest BCUT2D eigenvalue weighted by Crippen LogP contribution is -2.36. The van der Waals surface area contributed by atoms with E-state index in [1.165, 1.54) is 6.33 Å². The van der Waals surface area contributed by atoms with Crippen LogP contribution in [0.4, 0.5) is 5.69 Å². The van der Waals surface area contributed by atoms with Crippen molar-refractivity contribution in [1.82, 2.24) is 25.4 Å². The minimum absolute atomic E-state index is 0. The molecule has 0 atom stereocenters. The van der Waals surface area contributed by atoms with Gasteiger partial charge in [0.2, 0.25) is 5.91 Å². The van der Waals surface area contributed by atoms with Crippen LogP contribution < -0.4 is 15.5 Å². The van der Waals surface area contributed by atoms with E-state index in [0.717, 1.165) is 48.0 Å². The van der Waals surface area contributed by atoms with Crippen LogP contribution in [0.1, 0.15) is 30.9 Å². The zero-order valence-electron chi connectivity index (χ0n) is 18.1. The molecule has 9 heteroatoms. The monoisotopic (exact) mass is 545 g/mol. The van der Waals surface area contributed by atoms with Crippen LogP contribution in [0.15, 0.2) is 66.2 Å². The number of benzene rings is 2. The Morgan fingerprint density at radius 3 is 2.38 bits per heavy atom. The number of nitrogens with one attached hydrogen (secondary N) is 2. The normalized spacial score (nSPS) is 13.7. The number of hydrogen-bond acceptors (Lipinski definition) is 4. The maximum atomic E-state index is 11.9. The van der Waals surface area contributed by atoms with Gasteiger partial charge >= 0.3 is 0 Å². The molecule has 2 N–H and O–H groups in total. The highest BCUT2D eigenvalue weighted by molar-refractivity contribution is 14.0. The van der Waals surface area contributed by atoms with Crippen molar-refractivity contribution < 1.29 is 4.79 Å². The van der Waals surface area contributed by atoms with E-state index < -0.39 is 0 Å². The van der Waals surface area contributed by atoms with E-state index in [1.54, 1.807) is 11.0 Å². The van der Waals surface area contributed by atoms with E-state index in [4.69, 9.17) is 4.99 Å². The maximum absolute atomic E-state index is 11.9. The van der Waals surface area contributed by atoms with Gasteiger partial charge in [0.1, 0.15) is 12.7 Å². The van der Waals surface area contributed by atoms with Crippen molar-refractivity contribution in [2.24, 2.45) is 4.99 Å². The summed E-state index contributed by atoms with van der Waals surface area (Å²) in [6.07, 6.45) is 4.78. The smallest absolute Gasteiger partial charge is 0.227 e. The largest absolute Gasteiger partial charge is 0.357 e. The predicted octanol–water partition coefficient (Wildman–Crippen LogP) is 3.27. The van der Waals surface area contributed by atoms with Crippen LogP contribution in [-0.2, 0) is 17.9 Å².